The van der Waals surface area contributed by atoms with E-state index in [1.54, 1.807) is 32.0 Å². The predicted molar refractivity (Wildman–Crippen MR) is 104 cm³/mol. The number of benzene rings is 2. The van der Waals surface area contributed by atoms with Crippen molar-refractivity contribution in [1.29, 1.82) is 0 Å². The molecule has 0 bridgehead atoms. The highest BCUT2D eigenvalue weighted by Crippen LogP contribution is 2.29. The average molecular weight is 392 g/mol. The van der Waals surface area contributed by atoms with E-state index in [-0.39, 0.29) is 16.8 Å². The predicted octanol–water partition coefficient (Wildman–Crippen LogP) is 2.99. The number of nitrogens with zero attached hydrogens (tertiary/aromatic N) is 1. The molecule has 2 rings (SSSR count). The summed E-state index contributed by atoms with van der Waals surface area (Å²) >= 11 is 0. The van der Waals surface area contributed by atoms with Crippen LogP contribution in [0.4, 0.5) is 5.69 Å². The summed E-state index contributed by atoms with van der Waals surface area (Å²) in [5, 5.41) is 2.75. The van der Waals surface area contributed by atoms with Crippen molar-refractivity contribution in [2.45, 2.75) is 24.8 Å². The number of methoxy groups -OCH3 is 2. The first-order valence-corrected chi connectivity index (χ1v) is 9.76. The van der Waals surface area contributed by atoms with Gasteiger partial charge in [-0.2, -0.15) is 4.31 Å². The van der Waals surface area contributed by atoms with Crippen LogP contribution >= 0.6 is 0 Å². The zero-order chi connectivity index (χ0) is 20.2. The third kappa shape index (κ3) is 4.58. The monoisotopic (exact) mass is 392 g/mol. The molecular weight excluding hydrogens is 368 g/mol. The van der Waals surface area contributed by atoms with Crippen molar-refractivity contribution in [3.8, 4) is 11.5 Å². The summed E-state index contributed by atoms with van der Waals surface area (Å²) in [6.07, 6.45) is 0. The first-order valence-electron chi connectivity index (χ1n) is 8.32. The number of carbonyl (C=O) groups is 1. The first-order chi connectivity index (χ1) is 12.7. The quantitative estimate of drug-likeness (QED) is 0.783. The topological polar surface area (TPSA) is 84.9 Å². The maximum atomic E-state index is 12.5. The van der Waals surface area contributed by atoms with Gasteiger partial charge in [0.2, 0.25) is 10.0 Å². The minimum atomic E-state index is -3.59. The molecule has 8 heteroatoms. The van der Waals surface area contributed by atoms with Crippen LogP contribution in [0.2, 0.25) is 0 Å². The second-order valence-electron chi connectivity index (χ2n) is 6.16. The fourth-order valence-corrected chi connectivity index (χ4v) is 3.70. The van der Waals surface area contributed by atoms with Gasteiger partial charge < -0.3 is 14.8 Å². The zero-order valence-electron chi connectivity index (χ0n) is 16.0. The molecule has 0 aliphatic rings. The molecule has 7 nitrogen and oxygen atoms in total. The highest BCUT2D eigenvalue weighted by molar-refractivity contribution is 7.89. The number of anilines is 1. The second-order valence-corrected chi connectivity index (χ2v) is 8.16. The Morgan fingerprint density at radius 3 is 2.19 bits per heavy atom. The van der Waals surface area contributed by atoms with Crippen molar-refractivity contribution in [2.75, 3.05) is 26.6 Å². The Morgan fingerprint density at radius 2 is 1.67 bits per heavy atom. The molecule has 2 aromatic carbocycles. The third-order valence-corrected chi connectivity index (χ3v) is 6.22. The van der Waals surface area contributed by atoms with E-state index in [1.165, 1.54) is 49.8 Å². The Balaban J connectivity index is 2.24. The Kier molecular flexibility index (Phi) is 6.45. The van der Waals surface area contributed by atoms with E-state index in [4.69, 9.17) is 9.47 Å². The smallest absolute Gasteiger partial charge is 0.255 e. The molecular formula is C19H24N2O5S. The van der Waals surface area contributed by atoms with Crippen LogP contribution in [-0.4, -0.2) is 45.9 Å². The molecule has 2 aromatic rings. The SMILES string of the molecule is COc1ccc(OC)c(NC(=O)c2ccc(S(=O)(=O)N(C)C(C)C)cc2)c1. The molecule has 1 amide bonds. The van der Waals surface area contributed by atoms with E-state index >= 15 is 0 Å². The standard InChI is InChI=1S/C19H24N2O5S/c1-13(2)21(3)27(23,24)16-9-6-14(7-10-16)19(22)20-17-12-15(25-4)8-11-18(17)26-5/h6-13H,1-5H3,(H,20,22). The number of amides is 1. The normalized spacial score (nSPS) is 11.5. The molecule has 0 unspecified atom stereocenters. The summed E-state index contributed by atoms with van der Waals surface area (Å²) < 4.78 is 36.7. The summed E-state index contributed by atoms with van der Waals surface area (Å²) in [4.78, 5) is 12.7. The molecule has 0 fully saturated rings. The number of hydrogen-bond acceptors (Lipinski definition) is 5. The fraction of sp³-hybridized carbons (Fsp3) is 0.316. The third-order valence-electron chi connectivity index (χ3n) is 4.18. The van der Waals surface area contributed by atoms with Crippen molar-refractivity contribution in [1.82, 2.24) is 4.31 Å². The van der Waals surface area contributed by atoms with Gasteiger partial charge in [-0.3, -0.25) is 4.79 Å². The summed E-state index contributed by atoms with van der Waals surface area (Å²) in [6, 6.07) is 10.7. The number of hydrogen-bond donors (Lipinski definition) is 1. The van der Waals surface area contributed by atoms with E-state index in [1.807, 2.05) is 0 Å². The number of carbonyl (C=O) groups excluding carboxylic acids is 1. The van der Waals surface area contributed by atoms with Gasteiger partial charge in [0.15, 0.2) is 0 Å². The Morgan fingerprint density at radius 1 is 1.04 bits per heavy atom. The second kappa shape index (κ2) is 8.41. The number of rotatable bonds is 7. The van der Waals surface area contributed by atoms with Gasteiger partial charge in [-0.15, -0.1) is 0 Å². The summed E-state index contributed by atoms with van der Waals surface area (Å²) in [6.45, 7) is 3.59. The minimum absolute atomic E-state index is 0.134. The average Bonchev–Trinajstić information content (AvgIpc) is 2.67. The molecule has 146 valence electrons. The first kappa shape index (κ1) is 20.7. The van der Waals surface area contributed by atoms with Gasteiger partial charge in [-0.05, 0) is 50.2 Å². The van der Waals surface area contributed by atoms with Crippen LogP contribution in [0.5, 0.6) is 11.5 Å². The molecule has 0 atom stereocenters. The lowest BCUT2D eigenvalue weighted by atomic mass is 10.2. The molecule has 0 aliphatic heterocycles. The Hall–Kier alpha value is -2.58. The van der Waals surface area contributed by atoms with Gasteiger partial charge in [0, 0.05) is 24.7 Å². The van der Waals surface area contributed by atoms with E-state index in [0.717, 1.165) is 0 Å². The van der Waals surface area contributed by atoms with Crippen molar-refractivity contribution < 1.29 is 22.7 Å². The minimum Gasteiger partial charge on any atom is -0.497 e. The van der Waals surface area contributed by atoms with Crippen LogP contribution < -0.4 is 14.8 Å². The van der Waals surface area contributed by atoms with Crippen LogP contribution in [0, 0.1) is 0 Å². The van der Waals surface area contributed by atoms with Crippen LogP contribution in [0.3, 0.4) is 0 Å². The van der Waals surface area contributed by atoms with Crippen molar-refractivity contribution >= 4 is 21.6 Å². The van der Waals surface area contributed by atoms with E-state index in [2.05, 4.69) is 5.32 Å². The summed E-state index contributed by atoms with van der Waals surface area (Å²) in [5.41, 5.74) is 0.782. The lowest BCUT2D eigenvalue weighted by molar-refractivity contribution is 0.102. The highest BCUT2D eigenvalue weighted by atomic mass is 32.2. The van der Waals surface area contributed by atoms with E-state index in [9.17, 15) is 13.2 Å². The maximum absolute atomic E-state index is 12.5. The Bertz CT molecular complexity index is 908. The number of nitrogens with one attached hydrogen (secondary N) is 1. The van der Waals surface area contributed by atoms with Crippen LogP contribution in [0.1, 0.15) is 24.2 Å². The lowest BCUT2D eigenvalue weighted by Gasteiger charge is -2.21. The van der Waals surface area contributed by atoms with Gasteiger partial charge in [0.1, 0.15) is 11.5 Å². The lowest BCUT2D eigenvalue weighted by Crippen LogP contribution is -2.33. The van der Waals surface area contributed by atoms with Crippen molar-refractivity contribution in [2.24, 2.45) is 0 Å². The molecule has 0 saturated heterocycles. The van der Waals surface area contributed by atoms with Crippen molar-refractivity contribution in [3.63, 3.8) is 0 Å². The van der Waals surface area contributed by atoms with Crippen LogP contribution in [-0.2, 0) is 10.0 Å². The fourth-order valence-electron chi connectivity index (χ4n) is 2.33. The van der Waals surface area contributed by atoms with E-state index < -0.39 is 10.0 Å². The number of ether oxygens (including phenoxy) is 2. The molecule has 0 spiro atoms. The molecule has 0 radical (unpaired) electrons. The van der Waals surface area contributed by atoms with Crippen LogP contribution in [0.15, 0.2) is 47.4 Å². The largest absolute Gasteiger partial charge is 0.497 e. The molecule has 1 N–H and O–H groups in total. The van der Waals surface area contributed by atoms with Gasteiger partial charge in [0.25, 0.3) is 5.91 Å². The molecule has 0 aromatic heterocycles. The van der Waals surface area contributed by atoms with Crippen LogP contribution in [0.25, 0.3) is 0 Å². The van der Waals surface area contributed by atoms with Gasteiger partial charge >= 0.3 is 0 Å². The molecule has 0 aliphatic carbocycles. The summed E-state index contributed by atoms with van der Waals surface area (Å²) in [7, 11) is 0.960. The molecule has 0 heterocycles. The Labute approximate surface area is 160 Å². The molecule has 0 saturated carbocycles. The molecule has 27 heavy (non-hydrogen) atoms. The van der Waals surface area contributed by atoms with Crippen molar-refractivity contribution in [3.05, 3.63) is 48.0 Å². The highest BCUT2D eigenvalue weighted by Gasteiger charge is 2.23. The number of sulfonamides is 1. The van der Waals surface area contributed by atoms with Gasteiger partial charge in [-0.25, -0.2) is 8.42 Å². The van der Waals surface area contributed by atoms with Gasteiger partial charge in [-0.1, -0.05) is 0 Å². The van der Waals surface area contributed by atoms with Gasteiger partial charge in [0.05, 0.1) is 24.8 Å². The summed E-state index contributed by atoms with van der Waals surface area (Å²) in [5.74, 6) is 0.675. The van der Waals surface area contributed by atoms with E-state index in [0.29, 0.717) is 22.7 Å². The maximum Gasteiger partial charge on any atom is 0.255 e. The zero-order valence-corrected chi connectivity index (χ0v) is 16.8.